The Labute approximate surface area is 223 Å². The highest BCUT2D eigenvalue weighted by molar-refractivity contribution is 5.91. The van der Waals surface area contributed by atoms with Crippen LogP contribution in [0.25, 0.3) is 10.9 Å². The zero-order chi connectivity index (χ0) is 26.7. The zero-order valence-electron chi connectivity index (χ0n) is 21.8. The predicted octanol–water partition coefficient (Wildman–Crippen LogP) is 3.89. The molecular formula is C30H38N4O4. The van der Waals surface area contributed by atoms with Crippen LogP contribution in [0.15, 0.2) is 60.8 Å². The number of hydroxylamine groups is 1. The molecule has 0 unspecified atom stereocenters. The van der Waals surface area contributed by atoms with E-state index in [9.17, 15) is 14.4 Å². The molecule has 8 heteroatoms. The number of carbonyl (C=O) groups is 3. The summed E-state index contributed by atoms with van der Waals surface area (Å²) >= 11 is 0. The standard InChI is InChI=1S/C30H38N4O4/c35-28(33-38)20-23(14-10-13-22-11-4-3-5-12-22)29(36)32-26-19-24-21-34(27-16-7-6-15-25(24)27)18-9-2-1-8-17-31-30(26)37/h3-7,11-12,15-16,21,23,26,38H,1-2,8-10,13-14,17-20H2,(H,31,37)(H,32,36)(H,33,35)/t23-,26+/m1/s1. The van der Waals surface area contributed by atoms with Gasteiger partial charge in [-0.3, -0.25) is 19.6 Å². The molecule has 8 nitrogen and oxygen atoms in total. The molecule has 1 aliphatic heterocycles. The Bertz CT molecular complexity index is 1220. The minimum atomic E-state index is -0.767. The average molecular weight is 519 g/mol. The molecule has 2 bridgehead atoms. The average Bonchev–Trinajstić information content (AvgIpc) is 3.29. The lowest BCUT2D eigenvalue weighted by atomic mass is 9.94. The Hall–Kier alpha value is -3.65. The quantitative estimate of drug-likeness (QED) is 0.268. The summed E-state index contributed by atoms with van der Waals surface area (Å²) in [7, 11) is 0. The van der Waals surface area contributed by atoms with Crippen molar-refractivity contribution in [3.63, 3.8) is 0 Å². The highest BCUT2D eigenvalue weighted by atomic mass is 16.5. The van der Waals surface area contributed by atoms with Crippen molar-refractivity contribution in [2.75, 3.05) is 6.54 Å². The third-order valence-electron chi connectivity index (χ3n) is 7.34. The maximum absolute atomic E-state index is 13.4. The number of hydrogen-bond donors (Lipinski definition) is 4. The third kappa shape index (κ3) is 7.44. The van der Waals surface area contributed by atoms with Crippen LogP contribution >= 0.6 is 0 Å². The number of hydrogen-bond acceptors (Lipinski definition) is 4. The first-order chi connectivity index (χ1) is 18.5. The minimum absolute atomic E-state index is 0.148. The summed E-state index contributed by atoms with van der Waals surface area (Å²) in [5, 5.41) is 16.1. The van der Waals surface area contributed by atoms with Gasteiger partial charge in [-0.25, -0.2) is 5.48 Å². The largest absolute Gasteiger partial charge is 0.354 e. The van der Waals surface area contributed by atoms with Crippen molar-refractivity contribution >= 4 is 28.6 Å². The molecule has 0 spiro atoms. The number of para-hydroxylation sites is 1. The molecule has 202 valence electrons. The number of amides is 3. The molecule has 0 radical (unpaired) electrons. The van der Waals surface area contributed by atoms with E-state index in [1.165, 1.54) is 0 Å². The Morgan fingerprint density at radius 1 is 1.03 bits per heavy atom. The van der Waals surface area contributed by atoms with E-state index < -0.39 is 17.9 Å². The molecule has 2 heterocycles. The zero-order valence-corrected chi connectivity index (χ0v) is 21.8. The second kappa shape index (κ2) is 13.8. The number of nitrogens with one attached hydrogen (secondary N) is 3. The number of aryl methyl sites for hydroxylation is 2. The summed E-state index contributed by atoms with van der Waals surface area (Å²) in [6.07, 6.45) is 8.33. The summed E-state index contributed by atoms with van der Waals surface area (Å²) in [5.41, 5.74) is 4.94. The van der Waals surface area contributed by atoms with Crippen molar-refractivity contribution in [3.05, 3.63) is 71.9 Å². The fourth-order valence-corrected chi connectivity index (χ4v) is 5.28. The lowest BCUT2D eigenvalue weighted by Gasteiger charge is -2.22. The van der Waals surface area contributed by atoms with Crippen LogP contribution < -0.4 is 16.1 Å². The number of fused-ring (bicyclic) bond motifs is 5. The van der Waals surface area contributed by atoms with E-state index in [1.807, 2.05) is 42.5 Å². The molecule has 0 fully saturated rings. The fraction of sp³-hybridized carbons (Fsp3) is 0.433. The van der Waals surface area contributed by atoms with Gasteiger partial charge in [0.15, 0.2) is 0 Å². The summed E-state index contributed by atoms with van der Waals surface area (Å²) in [6, 6.07) is 17.4. The lowest BCUT2D eigenvalue weighted by molar-refractivity contribution is -0.136. The van der Waals surface area contributed by atoms with Crippen LogP contribution in [0.2, 0.25) is 0 Å². The maximum Gasteiger partial charge on any atom is 0.244 e. The van der Waals surface area contributed by atoms with Gasteiger partial charge in [0.1, 0.15) is 6.04 Å². The van der Waals surface area contributed by atoms with Gasteiger partial charge in [-0.15, -0.1) is 0 Å². The van der Waals surface area contributed by atoms with Gasteiger partial charge in [-0.2, -0.15) is 0 Å². The highest BCUT2D eigenvalue weighted by Gasteiger charge is 2.28. The van der Waals surface area contributed by atoms with Crippen LogP contribution in [0.1, 0.15) is 56.1 Å². The van der Waals surface area contributed by atoms with Crippen molar-refractivity contribution in [2.24, 2.45) is 5.92 Å². The smallest absolute Gasteiger partial charge is 0.244 e. The van der Waals surface area contributed by atoms with Crippen molar-refractivity contribution in [1.82, 2.24) is 20.7 Å². The van der Waals surface area contributed by atoms with Crippen LogP contribution in [0.4, 0.5) is 0 Å². The van der Waals surface area contributed by atoms with Crippen molar-refractivity contribution in [3.8, 4) is 0 Å². The van der Waals surface area contributed by atoms with Gasteiger partial charge < -0.3 is 15.2 Å². The maximum atomic E-state index is 13.4. The Morgan fingerprint density at radius 3 is 2.61 bits per heavy atom. The Balaban J connectivity index is 1.52. The molecule has 0 saturated heterocycles. The van der Waals surface area contributed by atoms with E-state index in [4.69, 9.17) is 5.21 Å². The lowest BCUT2D eigenvalue weighted by Crippen LogP contribution is -2.50. The van der Waals surface area contributed by atoms with Gasteiger partial charge >= 0.3 is 0 Å². The van der Waals surface area contributed by atoms with Crippen molar-refractivity contribution < 1.29 is 19.6 Å². The predicted molar refractivity (Wildman–Crippen MR) is 146 cm³/mol. The molecule has 3 aromatic rings. The first-order valence-corrected chi connectivity index (χ1v) is 13.7. The number of carbonyl (C=O) groups excluding carboxylic acids is 3. The van der Waals surface area contributed by atoms with Crippen LogP contribution in [0.3, 0.4) is 0 Å². The minimum Gasteiger partial charge on any atom is -0.354 e. The van der Waals surface area contributed by atoms with E-state index in [-0.39, 0.29) is 18.2 Å². The monoisotopic (exact) mass is 518 g/mol. The van der Waals surface area contributed by atoms with Crippen LogP contribution in [0.5, 0.6) is 0 Å². The van der Waals surface area contributed by atoms with Gasteiger partial charge in [0.2, 0.25) is 17.7 Å². The van der Waals surface area contributed by atoms with Gasteiger partial charge in [0.25, 0.3) is 0 Å². The first-order valence-electron chi connectivity index (χ1n) is 13.7. The van der Waals surface area contributed by atoms with Crippen molar-refractivity contribution in [1.29, 1.82) is 0 Å². The van der Waals surface area contributed by atoms with E-state index in [0.717, 1.165) is 60.7 Å². The second-order valence-corrected chi connectivity index (χ2v) is 10.1. The van der Waals surface area contributed by atoms with Gasteiger partial charge in [0, 0.05) is 48.9 Å². The number of nitrogens with zero attached hydrogens (tertiary/aromatic N) is 1. The first kappa shape index (κ1) is 27.4. The normalized spacial score (nSPS) is 17.4. The summed E-state index contributed by atoms with van der Waals surface area (Å²) in [4.78, 5) is 38.7. The molecule has 4 rings (SSSR count). The molecule has 2 atom stereocenters. The molecule has 0 saturated carbocycles. The molecule has 2 aromatic carbocycles. The van der Waals surface area contributed by atoms with Gasteiger partial charge in [-0.05, 0) is 49.3 Å². The second-order valence-electron chi connectivity index (χ2n) is 10.1. The summed E-state index contributed by atoms with van der Waals surface area (Å²) < 4.78 is 2.25. The SMILES string of the molecule is O=C(C[C@@H](CCCc1ccccc1)C(=O)N[C@H]1Cc2cn(c3ccccc23)CCCCCCNC1=O)NO. The van der Waals surface area contributed by atoms with Gasteiger partial charge in [0.05, 0.1) is 0 Å². The third-order valence-corrected chi connectivity index (χ3v) is 7.34. The molecule has 1 aliphatic rings. The molecular weight excluding hydrogens is 480 g/mol. The van der Waals surface area contributed by atoms with E-state index in [2.05, 4.69) is 33.5 Å². The molecule has 1 aromatic heterocycles. The number of aromatic nitrogens is 1. The van der Waals surface area contributed by atoms with E-state index in [1.54, 1.807) is 5.48 Å². The van der Waals surface area contributed by atoms with E-state index in [0.29, 0.717) is 25.8 Å². The topological polar surface area (TPSA) is 112 Å². The number of rotatable bonds is 8. The molecule has 3 amide bonds. The molecule has 0 aliphatic carbocycles. The van der Waals surface area contributed by atoms with Crippen LogP contribution in [0, 0.1) is 5.92 Å². The van der Waals surface area contributed by atoms with Crippen LogP contribution in [-0.4, -0.2) is 40.1 Å². The van der Waals surface area contributed by atoms with Crippen LogP contribution in [-0.2, 0) is 33.8 Å². The molecule has 4 N–H and O–H groups in total. The highest BCUT2D eigenvalue weighted by Crippen LogP contribution is 2.24. The summed E-state index contributed by atoms with van der Waals surface area (Å²) in [5.74, 6) is -1.85. The Morgan fingerprint density at radius 2 is 1.79 bits per heavy atom. The number of benzene rings is 2. The summed E-state index contributed by atoms with van der Waals surface area (Å²) in [6.45, 7) is 1.48. The van der Waals surface area contributed by atoms with Crippen molar-refractivity contribution in [2.45, 2.75) is 70.4 Å². The van der Waals surface area contributed by atoms with Gasteiger partial charge in [-0.1, -0.05) is 61.4 Å². The van der Waals surface area contributed by atoms with E-state index >= 15 is 0 Å². The fourth-order valence-electron chi connectivity index (χ4n) is 5.28. The molecule has 38 heavy (non-hydrogen) atoms. The Kier molecular flexibility index (Phi) is 9.92.